The van der Waals surface area contributed by atoms with E-state index in [0.717, 1.165) is 19.3 Å². The molecule has 7 heteroatoms. The molecule has 1 aliphatic carbocycles. The molecule has 0 unspecified atom stereocenters. The van der Waals surface area contributed by atoms with Crippen LogP contribution in [-0.4, -0.2) is 26.6 Å². The fraction of sp³-hybridized carbons (Fsp3) is 0.667. The Labute approximate surface area is 92.8 Å². The number of nitrogens with two attached hydrogens (primary N) is 1. The summed E-state index contributed by atoms with van der Waals surface area (Å²) in [7, 11) is 1.71. The van der Waals surface area contributed by atoms with E-state index in [0.29, 0.717) is 12.4 Å². The van der Waals surface area contributed by atoms with E-state index in [1.165, 1.54) is 6.33 Å². The van der Waals surface area contributed by atoms with Crippen LogP contribution in [0.1, 0.15) is 19.3 Å². The molecule has 7 nitrogen and oxygen atoms in total. The molecular formula is C9H15N5O2. The number of nitrogens with one attached hydrogen (secondary N) is 1. The molecule has 0 aliphatic heterocycles. The van der Waals surface area contributed by atoms with Gasteiger partial charge in [0.15, 0.2) is 0 Å². The van der Waals surface area contributed by atoms with E-state index in [-0.39, 0.29) is 11.4 Å². The van der Waals surface area contributed by atoms with E-state index in [4.69, 9.17) is 5.73 Å². The van der Waals surface area contributed by atoms with Gasteiger partial charge in [-0.25, -0.2) is 0 Å². The Morgan fingerprint density at radius 2 is 2.44 bits per heavy atom. The normalized spacial score (nSPS) is 17.9. The van der Waals surface area contributed by atoms with Gasteiger partial charge < -0.3 is 21.2 Å². The molecule has 2 rings (SSSR count). The zero-order valence-electron chi connectivity index (χ0n) is 9.14. The summed E-state index contributed by atoms with van der Waals surface area (Å²) < 4.78 is 1.60. The molecule has 16 heavy (non-hydrogen) atoms. The highest BCUT2D eigenvalue weighted by atomic mass is 16.6. The standard InChI is InChI=1S/C9H15N5O2/c1-13-6-12-8(14(15)16)7(13)11-5-9(10)3-2-4-9/h6,11H,2-5,10H2,1H3. The maximum atomic E-state index is 10.7. The van der Waals surface area contributed by atoms with Crippen LogP contribution >= 0.6 is 0 Å². The molecule has 0 spiro atoms. The van der Waals surface area contributed by atoms with Crippen molar-refractivity contribution in [1.82, 2.24) is 9.55 Å². The second-order valence-electron chi connectivity index (χ2n) is 4.35. The Morgan fingerprint density at radius 3 is 2.94 bits per heavy atom. The number of nitrogens with zero attached hydrogens (tertiary/aromatic N) is 3. The summed E-state index contributed by atoms with van der Waals surface area (Å²) in [4.78, 5) is 13.9. The van der Waals surface area contributed by atoms with Gasteiger partial charge >= 0.3 is 5.82 Å². The number of nitro groups is 1. The Hall–Kier alpha value is -1.63. The predicted octanol–water partition coefficient (Wildman–Crippen LogP) is 0.622. The van der Waals surface area contributed by atoms with Gasteiger partial charge in [-0.3, -0.25) is 4.57 Å². The first kappa shape index (κ1) is 10.9. The Balaban J connectivity index is 2.08. The number of anilines is 1. The largest absolute Gasteiger partial charge is 0.406 e. The molecular weight excluding hydrogens is 210 g/mol. The summed E-state index contributed by atoms with van der Waals surface area (Å²) in [5.41, 5.74) is 5.82. The number of imidazole rings is 1. The second kappa shape index (κ2) is 3.75. The zero-order chi connectivity index (χ0) is 11.8. The van der Waals surface area contributed by atoms with E-state index >= 15 is 0 Å². The van der Waals surface area contributed by atoms with Crippen LogP contribution in [0, 0.1) is 10.1 Å². The lowest BCUT2D eigenvalue weighted by Gasteiger charge is -2.38. The van der Waals surface area contributed by atoms with E-state index in [9.17, 15) is 10.1 Å². The van der Waals surface area contributed by atoms with E-state index in [2.05, 4.69) is 10.3 Å². The highest BCUT2D eigenvalue weighted by Crippen LogP contribution is 2.30. The SMILES string of the molecule is Cn1cnc([N+](=O)[O-])c1NCC1(N)CCC1. The van der Waals surface area contributed by atoms with Gasteiger partial charge in [-0.1, -0.05) is 0 Å². The lowest BCUT2D eigenvalue weighted by molar-refractivity contribution is -0.388. The summed E-state index contributed by atoms with van der Waals surface area (Å²) in [5, 5.41) is 13.7. The molecule has 3 N–H and O–H groups in total. The lowest BCUT2D eigenvalue weighted by atomic mass is 9.78. The zero-order valence-corrected chi connectivity index (χ0v) is 9.14. The lowest BCUT2D eigenvalue weighted by Crippen LogP contribution is -2.52. The molecule has 0 radical (unpaired) electrons. The van der Waals surface area contributed by atoms with Gasteiger partial charge in [0, 0.05) is 19.1 Å². The summed E-state index contributed by atoms with van der Waals surface area (Å²) in [6, 6.07) is 0. The predicted molar refractivity (Wildman–Crippen MR) is 59.1 cm³/mol. The topological polar surface area (TPSA) is 99.0 Å². The minimum absolute atomic E-state index is 0.148. The van der Waals surface area contributed by atoms with Crippen LogP contribution in [-0.2, 0) is 7.05 Å². The van der Waals surface area contributed by atoms with Gasteiger partial charge in [-0.15, -0.1) is 0 Å². The second-order valence-corrected chi connectivity index (χ2v) is 4.35. The van der Waals surface area contributed by atoms with Gasteiger partial charge in [0.25, 0.3) is 0 Å². The van der Waals surface area contributed by atoms with Gasteiger partial charge in [0.2, 0.25) is 12.1 Å². The summed E-state index contributed by atoms with van der Waals surface area (Å²) in [6.07, 6.45) is 4.48. The maximum Gasteiger partial charge on any atom is 0.406 e. The Bertz CT molecular complexity index is 410. The number of aromatic nitrogens is 2. The van der Waals surface area contributed by atoms with Crippen molar-refractivity contribution in [3.63, 3.8) is 0 Å². The number of hydrogen-bond acceptors (Lipinski definition) is 5. The van der Waals surface area contributed by atoms with E-state index < -0.39 is 4.92 Å². The molecule has 0 atom stereocenters. The monoisotopic (exact) mass is 225 g/mol. The third-order valence-electron chi connectivity index (χ3n) is 3.05. The Kier molecular flexibility index (Phi) is 2.55. The smallest absolute Gasteiger partial charge is 0.362 e. The van der Waals surface area contributed by atoms with Crippen LogP contribution in [0.5, 0.6) is 0 Å². The number of rotatable bonds is 4. The van der Waals surface area contributed by atoms with Crippen LogP contribution < -0.4 is 11.1 Å². The van der Waals surface area contributed by atoms with Crippen molar-refractivity contribution in [3.05, 3.63) is 16.4 Å². The minimum atomic E-state index is -0.494. The number of hydrogen-bond donors (Lipinski definition) is 2. The molecule has 1 fully saturated rings. The summed E-state index contributed by atoms with van der Waals surface area (Å²) in [6.45, 7) is 0.549. The molecule has 1 saturated carbocycles. The summed E-state index contributed by atoms with van der Waals surface area (Å²) >= 11 is 0. The van der Waals surface area contributed by atoms with E-state index in [1.54, 1.807) is 11.6 Å². The average molecular weight is 225 g/mol. The van der Waals surface area contributed by atoms with Crippen molar-refractivity contribution in [2.75, 3.05) is 11.9 Å². The van der Waals surface area contributed by atoms with Crippen molar-refractivity contribution >= 4 is 11.6 Å². The quantitative estimate of drug-likeness (QED) is 0.578. The van der Waals surface area contributed by atoms with Gasteiger partial charge in [0.05, 0.1) is 0 Å². The molecule has 0 amide bonds. The van der Waals surface area contributed by atoms with E-state index in [1.807, 2.05) is 0 Å². The fourth-order valence-corrected chi connectivity index (χ4v) is 1.82. The van der Waals surface area contributed by atoms with Crippen LogP contribution in [0.15, 0.2) is 6.33 Å². The molecule has 88 valence electrons. The highest BCUT2D eigenvalue weighted by molar-refractivity contribution is 5.52. The molecule has 1 aromatic heterocycles. The number of aryl methyl sites for hydroxylation is 1. The van der Waals surface area contributed by atoms with Gasteiger partial charge in [-0.2, -0.15) is 0 Å². The van der Waals surface area contributed by atoms with Crippen molar-refractivity contribution in [1.29, 1.82) is 0 Å². The van der Waals surface area contributed by atoms with Crippen molar-refractivity contribution < 1.29 is 4.92 Å². The Morgan fingerprint density at radius 1 is 1.75 bits per heavy atom. The van der Waals surface area contributed by atoms with Crippen LogP contribution in [0.25, 0.3) is 0 Å². The van der Waals surface area contributed by atoms with Gasteiger partial charge in [-0.05, 0) is 29.2 Å². The highest BCUT2D eigenvalue weighted by Gasteiger charge is 2.33. The fourth-order valence-electron chi connectivity index (χ4n) is 1.82. The molecule has 0 saturated heterocycles. The first-order valence-electron chi connectivity index (χ1n) is 5.20. The molecule has 0 aromatic carbocycles. The van der Waals surface area contributed by atoms with Crippen molar-refractivity contribution in [2.24, 2.45) is 12.8 Å². The van der Waals surface area contributed by atoms with Crippen LogP contribution in [0.3, 0.4) is 0 Å². The average Bonchev–Trinajstić information content (AvgIpc) is 2.54. The minimum Gasteiger partial charge on any atom is -0.362 e. The van der Waals surface area contributed by atoms with Gasteiger partial charge in [0.1, 0.15) is 0 Å². The van der Waals surface area contributed by atoms with Crippen molar-refractivity contribution in [3.8, 4) is 0 Å². The maximum absolute atomic E-state index is 10.7. The van der Waals surface area contributed by atoms with Crippen LogP contribution in [0.4, 0.5) is 11.6 Å². The molecule has 1 heterocycles. The summed E-state index contributed by atoms with van der Waals surface area (Å²) in [5.74, 6) is 0.271. The first-order chi connectivity index (χ1) is 7.52. The molecule has 0 bridgehead atoms. The first-order valence-corrected chi connectivity index (χ1v) is 5.20. The molecule has 1 aliphatic rings. The van der Waals surface area contributed by atoms with Crippen molar-refractivity contribution in [2.45, 2.75) is 24.8 Å². The van der Waals surface area contributed by atoms with Crippen LogP contribution in [0.2, 0.25) is 0 Å². The third-order valence-corrected chi connectivity index (χ3v) is 3.05. The third kappa shape index (κ3) is 1.85. The molecule has 1 aromatic rings.